The molecule has 4 aliphatic rings. The minimum absolute atomic E-state index is 0.0330. The van der Waals surface area contributed by atoms with Crippen molar-refractivity contribution in [1.29, 1.82) is 0 Å². The Labute approximate surface area is 350 Å². The molecule has 1 aliphatic carbocycles. The molecule has 0 spiro atoms. The van der Waals surface area contributed by atoms with E-state index < -0.39 is 55.3 Å². The number of amides is 1. The van der Waals surface area contributed by atoms with E-state index in [0.717, 1.165) is 22.3 Å². The molecule has 60 heavy (non-hydrogen) atoms. The van der Waals surface area contributed by atoms with E-state index in [2.05, 4.69) is 24.3 Å². The average Bonchev–Trinajstić information content (AvgIpc) is 3.60. The molecule has 3 fully saturated rings. The highest BCUT2D eigenvalue weighted by Gasteiger charge is 2.41. The summed E-state index contributed by atoms with van der Waals surface area (Å²) in [5.41, 5.74) is 6.17. The van der Waals surface area contributed by atoms with E-state index in [1.165, 1.54) is 11.1 Å². The summed E-state index contributed by atoms with van der Waals surface area (Å²) in [5.74, 6) is 0.0633. The Morgan fingerprint density at radius 1 is 0.717 bits per heavy atom. The second-order valence-electron chi connectivity index (χ2n) is 16.5. The first-order valence-corrected chi connectivity index (χ1v) is 21.1. The highest BCUT2D eigenvalue weighted by molar-refractivity contribution is 5.79. The topological polar surface area (TPSA) is 171 Å². The number of fused-ring (bicyclic) bond motifs is 3. The number of hydrogen-bond acceptors (Lipinski definition) is 12. The fraction of sp³-hybridized carbons (Fsp3) is 0.468. The van der Waals surface area contributed by atoms with Gasteiger partial charge in [0.25, 0.3) is 0 Å². The van der Waals surface area contributed by atoms with E-state index in [1.807, 2.05) is 89.8 Å². The largest absolute Gasteiger partial charge is 0.448 e. The monoisotopic (exact) mass is 824 g/mol. The van der Waals surface area contributed by atoms with Crippen LogP contribution in [0.1, 0.15) is 60.0 Å². The minimum atomic E-state index is -1.47. The third-order valence-electron chi connectivity index (χ3n) is 12.2. The number of aliphatic hydroxyl groups excluding tert-OH is 5. The number of rotatable bonds is 14. The van der Waals surface area contributed by atoms with Gasteiger partial charge in [-0.05, 0) is 41.0 Å². The van der Waals surface area contributed by atoms with Crippen molar-refractivity contribution >= 4 is 6.09 Å². The Bertz CT molecular complexity index is 1940. The molecule has 3 saturated heterocycles. The molecule has 9 atom stereocenters. The molecule has 13 heteroatoms. The molecule has 5 N–H and O–H groups in total. The summed E-state index contributed by atoms with van der Waals surface area (Å²) in [6, 6.07) is 35.1. The second kappa shape index (κ2) is 19.6. The van der Waals surface area contributed by atoms with Gasteiger partial charge in [0.1, 0.15) is 31.0 Å². The maximum Gasteiger partial charge on any atom is 0.409 e. The fourth-order valence-corrected chi connectivity index (χ4v) is 9.03. The van der Waals surface area contributed by atoms with E-state index in [0.29, 0.717) is 32.5 Å². The van der Waals surface area contributed by atoms with Gasteiger partial charge in [-0.1, -0.05) is 109 Å². The number of piperidine rings is 1. The van der Waals surface area contributed by atoms with E-state index in [-0.39, 0.29) is 57.3 Å². The lowest BCUT2D eigenvalue weighted by Gasteiger charge is -2.40. The zero-order chi connectivity index (χ0) is 41.6. The number of aliphatic hydroxyl groups is 5. The predicted octanol–water partition coefficient (Wildman–Crippen LogP) is 4.37. The van der Waals surface area contributed by atoms with Gasteiger partial charge in [-0.2, -0.15) is 0 Å². The lowest BCUT2D eigenvalue weighted by atomic mass is 9.95. The van der Waals surface area contributed by atoms with Gasteiger partial charge in [-0.3, -0.25) is 4.90 Å². The highest BCUT2D eigenvalue weighted by Crippen LogP contribution is 2.44. The lowest BCUT2D eigenvalue weighted by Crippen LogP contribution is -2.55. The van der Waals surface area contributed by atoms with E-state index in [1.54, 1.807) is 4.90 Å². The molecular weight excluding hydrogens is 769 g/mol. The fourth-order valence-electron chi connectivity index (χ4n) is 9.03. The molecule has 320 valence electrons. The molecule has 8 rings (SSSR count). The van der Waals surface area contributed by atoms with Crippen LogP contribution in [0, 0.1) is 5.92 Å². The molecule has 0 bridgehead atoms. The van der Waals surface area contributed by atoms with Gasteiger partial charge in [0.15, 0.2) is 12.6 Å². The second-order valence-corrected chi connectivity index (χ2v) is 16.5. The number of carbonyl (C=O) groups excluding carboxylic acids is 1. The molecule has 2 unspecified atom stereocenters. The highest BCUT2D eigenvalue weighted by atomic mass is 16.7. The van der Waals surface area contributed by atoms with Gasteiger partial charge in [0, 0.05) is 56.2 Å². The van der Waals surface area contributed by atoms with Crippen LogP contribution in [0.5, 0.6) is 0 Å². The number of hydrogen-bond donors (Lipinski definition) is 5. The van der Waals surface area contributed by atoms with Crippen LogP contribution >= 0.6 is 0 Å². The van der Waals surface area contributed by atoms with Gasteiger partial charge < -0.3 is 54.1 Å². The number of benzene rings is 4. The summed E-state index contributed by atoms with van der Waals surface area (Å²) >= 11 is 0. The van der Waals surface area contributed by atoms with Gasteiger partial charge >= 0.3 is 6.09 Å². The minimum Gasteiger partial charge on any atom is -0.448 e. The van der Waals surface area contributed by atoms with Crippen molar-refractivity contribution in [3.8, 4) is 11.1 Å². The van der Waals surface area contributed by atoms with Crippen LogP contribution in [-0.4, -0.2) is 137 Å². The normalized spacial score (nSPS) is 26.3. The van der Waals surface area contributed by atoms with Crippen LogP contribution in [0.15, 0.2) is 109 Å². The van der Waals surface area contributed by atoms with Crippen molar-refractivity contribution in [1.82, 2.24) is 9.80 Å². The molecule has 4 aromatic carbocycles. The standard InChI is InChI=1S/C47H56N2O11/c50-33(23-42-40(52)28-56-45(59-42)31-11-3-1-4-12-31)25-48(26-39(51)43(54)44-41(53)29-57-46(60-44)32-13-5-2-6-14-32)24-30-19-21-49(22-20-30)47(55)58-27-38-36-17-9-7-15-34(36)35-16-8-10-18-37(35)38/h1-18,30,33,38-46,50-54H,19-29H2/t33-,39+,40-,41-,42+,43-,44-,45?,46?/m1/s1. The molecule has 0 radical (unpaired) electrons. The Morgan fingerprint density at radius 2 is 1.27 bits per heavy atom. The van der Waals surface area contributed by atoms with E-state index in [4.69, 9.17) is 23.7 Å². The maximum atomic E-state index is 13.4. The van der Waals surface area contributed by atoms with Crippen molar-refractivity contribution in [2.24, 2.45) is 5.92 Å². The summed E-state index contributed by atoms with van der Waals surface area (Å²) in [6.45, 7) is 1.67. The van der Waals surface area contributed by atoms with Crippen LogP contribution < -0.4 is 0 Å². The molecule has 3 aliphatic heterocycles. The number of ether oxygens (including phenoxy) is 5. The molecule has 0 saturated carbocycles. The summed E-state index contributed by atoms with van der Waals surface area (Å²) < 4.78 is 29.5. The van der Waals surface area contributed by atoms with E-state index in [9.17, 15) is 30.3 Å². The Hall–Kier alpha value is -4.25. The van der Waals surface area contributed by atoms with E-state index >= 15 is 0 Å². The summed E-state index contributed by atoms with van der Waals surface area (Å²) in [4.78, 5) is 17.0. The molecule has 1 amide bonds. The molecule has 0 aromatic heterocycles. The maximum absolute atomic E-state index is 13.4. The number of nitrogens with zero attached hydrogens (tertiary/aromatic N) is 2. The van der Waals surface area contributed by atoms with Crippen molar-refractivity contribution in [2.75, 3.05) is 52.5 Å². The van der Waals surface area contributed by atoms with Crippen molar-refractivity contribution in [3.63, 3.8) is 0 Å². The molecule has 4 aromatic rings. The Morgan fingerprint density at radius 3 is 1.88 bits per heavy atom. The summed E-state index contributed by atoms with van der Waals surface area (Å²) in [7, 11) is 0. The van der Waals surface area contributed by atoms with Crippen LogP contribution in [0.3, 0.4) is 0 Å². The zero-order valence-corrected chi connectivity index (χ0v) is 33.6. The Balaban J connectivity index is 0.894. The van der Waals surface area contributed by atoms with Gasteiger partial charge in [-0.25, -0.2) is 4.79 Å². The predicted molar refractivity (Wildman–Crippen MR) is 220 cm³/mol. The first kappa shape index (κ1) is 42.4. The van der Waals surface area contributed by atoms with Crippen LogP contribution in [0.4, 0.5) is 4.79 Å². The molecular formula is C47H56N2O11. The van der Waals surface area contributed by atoms with Crippen LogP contribution in [0.25, 0.3) is 11.1 Å². The summed E-state index contributed by atoms with van der Waals surface area (Å²) in [6.07, 6.45) is -8.23. The average molecular weight is 825 g/mol. The smallest absolute Gasteiger partial charge is 0.409 e. The SMILES string of the molecule is O=C(OCC1c2ccccc2-c2ccccc21)N1CCC(CN(C[C@H](O)C[C@@H]2OC(c3ccccc3)OC[C@H]2O)C[C@H](O)[C@@H](O)[C@@H]2OC(c3ccccc3)OC[C@H]2O)CC1. The number of carbonyl (C=O) groups is 1. The third-order valence-corrected chi connectivity index (χ3v) is 12.2. The van der Waals surface area contributed by atoms with Crippen molar-refractivity contribution in [3.05, 3.63) is 131 Å². The first-order chi connectivity index (χ1) is 29.2. The van der Waals surface area contributed by atoms with Crippen LogP contribution in [0.2, 0.25) is 0 Å². The number of likely N-dealkylation sites (tertiary alicyclic amines) is 1. The zero-order valence-electron chi connectivity index (χ0n) is 33.6. The van der Waals surface area contributed by atoms with Gasteiger partial charge in [0.05, 0.1) is 31.5 Å². The van der Waals surface area contributed by atoms with Gasteiger partial charge in [-0.15, -0.1) is 0 Å². The summed E-state index contributed by atoms with van der Waals surface area (Å²) in [5, 5.41) is 56.0. The molecule has 13 nitrogen and oxygen atoms in total. The first-order valence-electron chi connectivity index (χ1n) is 21.1. The van der Waals surface area contributed by atoms with Crippen molar-refractivity contribution < 1.29 is 54.0 Å². The van der Waals surface area contributed by atoms with Crippen LogP contribution in [-0.2, 0) is 23.7 Å². The quantitative estimate of drug-likeness (QED) is 0.122. The molecule has 3 heterocycles. The third kappa shape index (κ3) is 9.93. The lowest BCUT2D eigenvalue weighted by molar-refractivity contribution is -0.283. The Kier molecular flexibility index (Phi) is 13.9. The van der Waals surface area contributed by atoms with Crippen molar-refractivity contribution in [2.45, 2.75) is 80.5 Å². The van der Waals surface area contributed by atoms with Gasteiger partial charge in [0.2, 0.25) is 0 Å².